The largest absolute Gasteiger partial charge is 0.384 e. The van der Waals surface area contributed by atoms with E-state index in [4.69, 9.17) is 0 Å². The van der Waals surface area contributed by atoms with Crippen molar-refractivity contribution in [3.8, 4) is 0 Å². The van der Waals surface area contributed by atoms with Crippen molar-refractivity contribution in [1.82, 2.24) is 0 Å². The first-order valence-corrected chi connectivity index (χ1v) is 4.84. The SMILES string of the molecule is CCCC(O)(CC)C(C)=NCC.[Tm]. The van der Waals surface area contributed by atoms with Crippen LogP contribution >= 0.6 is 0 Å². The van der Waals surface area contributed by atoms with Gasteiger partial charge in [-0.2, -0.15) is 0 Å². The van der Waals surface area contributed by atoms with E-state index in [1.807, 2.05) is 20.8 Å². The number of hydrogen-bond acceptors (Lipinski definition) is 2. The molecule has 1 unspecified atom stereocenters. The van der Waals surface area contributed by atoms with Gasteiger partial charge in [0.2, 0.25) is 0 Å². The number of rotatable bonds is 5. The fraction of sp³-hybridized carbons (Fsp3) is 0.900. The molecule has 0 bridgehead atoms. The zero-order valence-corrected chi connectivity index (χ0v) is 10.8. The van der Waals surface area contributed by atoms with Crippen molar-refractivity contribution < 1.29 is 42.0 Å². The third-order valence-corrected chi connectivity index (χ3v) is 2.32. The van der Waals surface area contributed by atoms with Gasteiger partial charge in [0.05, 0.1) is 0 Å². The molecule has 0 saturated carbocycles. The predicted octanol–water partition coefficient (Wildman–Crippen LogP) is 2.41. The third kappa shape index (κ3) is 5.34. The average molecular weight is 340 g/mol. The summed E-state index contributed by atoms with van der Waals surface area (Å²) in [6.07, 6.45) is 2.58. The van der Waals surface area contributed by atoms with Gasteiger partial charge in [-0.25, -0.2) is 0 Å². The second-order valence-corrected chi connectivity index (χ2v) is 3.19. The van der Waals surface area contributed by atoms with Crippen LogP contribution in [-0.2, 0) is 0 Å². The molecule has 0 aliphatic carbocycles. The van der Waals surface area contributed by atoms with Crippen LogP contribution in [0.3, 0.4) is 0 Å². The van der Waals surface area contributed by atoms with Crippen LogP contribution in [0.25, 0.3) is 0 Å². The van der Waals surface area contributed by atoms with E-state index >= 15 is 0 Å². The molecule has 0 aromatic carbocycles. The molecule has 1 N–H and O–H groups in total. The van der Waals surface area contributed by atoms with Crippen LogP contribution in [0.15, 0.2) is 4.99 Å². The Morgan fingerprint density at radius 3 is 2.15 bits per heavy atom. The Hall–Kier alpha value is 0.864. The van der Waals surface area contributed by atoms with E-state index in [1.54, 1.807) is 0 Å². The van der Waals surface area contributed by atoms with E-state index in [-0.39, 0.29) is 36.9 Å². The Morgan fingerprint density at radius 2 is 1.85 bits per heavy atom. The van der Waals surface area contributed by atoms with Crippen LogP contribution in [0.4, 0.5) is 0 Å². The minimum atomic E-state index is -0.648. The average Bonchev–Trinajstić information content (AvgIpc) is 2.05. The standard InChI is InChI=1S/C10H21NO.Tm/c1-5-8-10(12,6-2)9(4)11-7-3;/h12H,5-8H2,1-4H3;. The molecule has 0 amide bonds. The molecular weight excluding hydrogens is 319 g/mol. The first kappa shape index (κ1) is 16.3. The molecule has 0 aliphatic rings. The van der Waals surface area contributed by atoms with Gasteiger partial charge in [-0.3, -0.25) is 4.99 Å². The summed E-state index contributed by atoms with van der Waals surface area (Å²) in [6.45, 7) is 8.76. The van der Waals surface area contributed by atoms with E-state index in [1.165, 1.54) is 0 Å². The van der Waals surface area contributed by atoms with E-state index in [9.17, 15) is 5.11 Å². The smallest absolute Gasteiger partial charge is 0.102 e. The molecule has 0 aliphatic heterocycles. The maximum Gasteiger partial charge on any atom is 0.102 e. The van der Waals surface area contributed by atoms with Crippen molar-refractivity contribution in [2.24, 2.45) is 4.99 Å². The van der Waals surface area contributed by atoms with Crippen molar-refractivity contribution >= 4 is 5.71 Å². The summed E-state index contributed by atoms with van der Waals surface area (Å²) < 4.78 is 0. The van der Waals surface area contributed by atoms with Crippen molar-refractivity contribution in [3.05, 3.63) is 0 Å². The van der Waals surface area contributed by atoms with Crippen molar-refractivity contribution in [2.45, 2.75) is 52.6 Å². The summed E-state index contributed by atoms with van der Waals surface area (Å²) in [6, 6.07) is 0. The molecule has 13 heavy (non-hydrogen) atoms. The van der Waals surface area contributed by atoms with Crippen LogP contribution in [-0.4, -0.2) is 23.0 Å². The molecule has 85 valence electrons. The molecular formula is C10H21NOTm. The first-order valence-electron chi connectivity index (χ1n) is 4.84. The second kappa shape index (κ2) is 8.20. The van der Waals surface area contributed by atoms with Gasteiger partial charge in [0.1, 0.15) is 5.60 Å². The fourth-order valence-electron chi connectivity index (χ4n) is 1.41. The summed E-state index contributed by atoms with van der Waals surface area (Å²) in [7, 11) is 0. The second-order valence-electron chi connectivity index (χ2n) is 3.19. The van der Waals surface area contributed by atoms with Gasteiger partial charge in [0.25, 0.3) is 0 Å². The molecule has 0 heterocycles. The maximum absolute atomic E-state index is 10.1. The topological polar surface area (TPSA) is 32.6 Å². The van der Waals surface area contributed by atoms with Gasteiger partial charge in [-0.05, 0) is 26.7 Å². The quantitative estimate of drug-likeness (QED) is 0.766. The van der Waals surface area contributed by atoms with Crippen LogP contribution in [0, 0.1) is 36.9 Å². The Bertz CT molecular complexity index is 159. The van der Waals surface area contributed by atoms with E-state index in [0.29, 0.717) is 0 Å². The summed E-state index contributed by atoms with van der Waals surface area (Å²) in [5.41, 5.74) is 0.236. The Balaban J connectivity index is 0. The Morgan fingerprint density at radius 1 is 1.31 bits per heavy atom. The number of hydrogen-bond donors (Lipinski definition) is 1. The van der Waals surface area contributed by atoms with Gasteiger partial charge < -0.3 is 5.11 Å². The van der Waals surface area contributed by atoms with Crippen molar-refractivity contribution in [2.75, 3.05) is 6.54 Å². The van der Waals surface area contributed by atoms with Crippen LogP contribution in [0.1, 0.15) is 47.0 Å². The van der Waals surface area contributed by atoms with E-state index in [2.05, 4.69) is 11.9 Å². The van der Waals surface area contributed by atoms with Gasteiger partial charge in [0.15, 0.2) is 0 Å². The molecule has 0 saturated heterocycles. The normalized spacial score (nSPS) is 16.2. The van der Waals surface area contributed by atoms with Crippen molar-refractivity contribution in [3.63, 3.8) is 0 Å². The molecule has 0 rings (SSSR count). The number of aliphatic imine (C=N–C) groups is 1. The van der Waals surface area contributed by atoms with Gasteiger partial charge in [0, 0.05) is 49.1 Å². The molecule has 0 aromatic rings. The van der Waals surface area contributed by atoms with Crippen molar-refractivity contribution in [1.29, 1.82) is 0 Å². The molecule has 2 nitrogen and oxygen atoms in total. The summed E-state index contributed by atoms with van der Waals surface area (Å²) in [5, 5.41) is 10.1. The zero-order valence-electron chi connectivity index (χ0n) is 9.00. The summed E-state index contributed by atoms with van der Waals surface area (Å²) >= 11 is 0. The van der Waals surface area contributed by atoms with Crippen LogP contribution in [0.2, 0.25) is 0 Å². The van der Waals surface area contributed by atoms with E-state index < -0.39 is 5.60 Å². The monoisotopic (exact) mass is 340 g/mol. The van der Waals surface area contributed by atoms with Crippen LogP contribution in [0.5, 0.6) is 0 Å². The van der Waals surface area contributed by atoms with Gasteiger partial charge in [-0.1, -0.05) is 20.3 Å². The zero-order chi connectivity index (χ0) is 9.61. The molecule has 1 radical (unpaired) electrons. The summed E-state index contributed by atoms with van der Waals surface area (Å²) in [5.74, 6) is 0. The molecule has 3 heteroatoms. The predicted molar refractivity (Wildman–Crippen MR) is 53.8 cm³/mol. The first-order chi connectivity index (χ1) is 5.60. The summed E-state index contributed by atoms with van der Waals surface area (Å²) in [4.78, 5) is 4.25. The van der Waals surface area contributed by atoms with Gasteiger partial charge >= 0.3 is 0 Å². The maximum atomic E-state index is 10.1. The minimum Gasteiger partial charge on any atom is -0.384 e. The van der Waals surface area contributed by atoms with Crippen LogP contribution < -0.4 is 0 Å². The Kier molecular flexibility index (Phi) is 10.3. The molecule has 0 spiro atoms. The van der Waals surface area contributed by atoms with Gasteiger partial charge in [-0.15, -0.1) is 0 Å². The minimum absolute atomic E-state index is 0. The molecule has 1 atom stereocenters. The van der Waals surface area contributed by atoms with E-state index in [0.717, 1.165) is 31.5 Å². The Labute approximate surface area is 111 Å². The molecule has 0 aromatic heterocycles. The third-order valence-electron chi connectivity index (χ3n) is 2.32. The number of aliphatic hydroxyl groups is 1. The molecule has 0 fully saturated rings. The fourth-order valence-corrected chi connectivity index (χ4v) is 1.41. The number of nitrogens with zero attached hydrogens (tertiary/aromatic N) is 1.